The molecule has 0 saturated heterocycles. The summed E-state index contributed by atoms with van der Waals surface area (Å²) >= 11 is 1.49. The highest BCUT2D eigenvalue weighted by Gasteiger charge is 2.19. The minimum absolute atomic E-state index is 0.153. The summed E-state index contributed by atoms with van der Waals surface area (Å²) in [7, 11) is 0. The first-order valence-electron chi connectivity index (χ1n) is 10.5. The molecule has 0 aliphatic carbocycles. The van der Waals surface area contributed by atoms with Gasteiger partial charge in [0.25, 0.3) is 5.69 Å². The summed E-state index contributed by atoms with van der Waals surface area (Å²) in [5.74, 6) is -0.153. The summed E-state index contributed by atoms with van der Waals surface area (Å²) in [5.41, 5.74) is 2.35. The molecule has 8 heteroatoms. The van der Waals surface area contributed by atoms with Gasteiger partial charge in [0, 0.05) is 28.3 Å². The molecule has 0 aliphatic heterocycles. The lowest BCUT2D eigenvalue weighted by molar-refractivity contribution is -0.385. The van der Waals surface area contributed by atoms with Gasteiger partial charge in [-0.15, -0.1) is 11.3 Å². The van der Waals surface area contributed by atoms with Gasteiger partial charge in [-0.1, -0.05) is 42.5 Å². The van der Waals surface area contributed by atoms with Crippen LogP contribution in [-0.2, 0) is 6.61 Å². The van der Waals surface area contributed by atoms with Crippen LogP contribution in [0.1, 0.15) is 26.5 Å². The molecule has 0 atom stereocenters. The van der Waals surface area contributed by atoms with Crippen LogP contribution in [0.5, 0.6) is 0 Å². The van der Waals surface area contributed by atoms with E-state index in [4.69, 9.17) is 0 Å². The van der Waals surface area contributed by atoms with E-state index in [2.05, 4.69) is 4.98 Å². The minimum atomic E-state index is -0.517. The van der Waals surface area contributed by atoms with Crippen molar-refractivity contribution in [3.05, 3.63) is 105 Å². The van der Waals surface area contributed by atoms with Crippen molar-refractivity contribution in [2.75, 3.05) is 0 Å². The number of nitrogens with zero attached hydrogens (tertiary/aromatic N) is 3. The monoisotopic (exact) mass is 469 g/mol. The Balaban J connectivity index is 1.58. The van der Waals surface area contributed by atoms with E-state index >= 15 is 0 Å². The maximum absolute atomic E-state index is 13.0. The normalized spacial score (nSPS) is 11.6. The van der Waals surface area contributed by atoms with E-state index < -0.39 is 11.5 Å². The number of nitro groups is 1. The average Bonchev–Trinajstić information content (AvgIpc) is 3.37. The van der Waals surface area contributed by atoms with Crippen LogP contribution in [-0.4, -0.2) is 25.2 Å². The Labute approximate surface area is 198 Å². The van der Waals surface area contributed by atoms with Crippen molar-refractivity contribution in [3.63, 3.8) is 0 Å². The Morgan fingerprint density at radius 1 is 1.15 bits per heavy atom. The van der Waals surface area contributed by atoms with Crippen molar-refractivity contribution in [1.82, 2.24) is 9.38 Å². The van der Waals surface area contributed by atoms with Crippen LogP contribution in [0, 0.1) is 17.0 Å². The Bertz CT molecular complexity index is 1610. The number of aliphatic hydroxyl groups excluding tert-OH is 1. The predicted octanol–water partition coefficient (Wildman–Crippen LogP) is 5.82. The number of fused-ring (bicyclic) bond motifs is 2. The maximum Gasteiger partial charge on any atom is 0.275 e. The Hall–Kier alpha value is -4.14. The summed E-state index contributed by atoms with van der Waals surface area (Å²) < 4.78 is 1.88. The van der Waals surface area contributed by atoms with Crippen molar-refractivity contribution < 1.29 is 14.8 Å². The number of aryl methyl sites for hydroxylation is 1. The highest BCUT2D eigenvalue weighted by molar-refractivity contribution is 7.17. The summed E-state index contributed by atoms with van der Waals surface area (Å²) in [6.07, 6.45) is 5.12. The Morgan fingerprint density at radius 2 is 1.94 bits per heavy atom. The number of hydrogen-bond acceptors (Lipinski definition) is 6. The highest BCUT2D eigenvalue weighted by Crippen LogP contribution is 2.32. The van der Waals surface area contributed by atoms with E-state index in [0.717, 1.165) is 20.6 Å². The van der Waals surface area contributed by atoms with Crippen molar-refractivity contribution >= 4 is 44.6 Å². The first kappa shape index (κ1) is 21.7. The van der Waals surface area contributed by atoms with Gasteiger partial charge in [-0.2, -0.15) is 0 Å². The molecule has 0 amide bonds. The van der Waals surface area contributed by atoms with Gasteiger partial charge < -0.3 is 5.11 Å². The van der Waals surface area contributed by atoms with Gasteiger partial charge >= 0.3 is 0 Å². The molecule has 1 N–H and O–H groups in total. The first-order chi connectivity index (χ1) is 16.4. The summed E-state index contributed by atoms with van der Waals surface area (Å²) in [5, 5.41) is 23.0. The van der Waals surface area contributed by atoms with E-state index in [1.807, 2.05) is 53.9 Å². The number of aromatic nitrogens is 2. The van der Waals surface area contributed by atoms with Crippen LogP contribution in [0.2, 0.25) is 0 Å². The fourth-order valence-corrected chi connectivity index (χ4v) is 4.79. The smallest absolute Gasteiger partial charge is 0.275 e. The first-order valence-corrected chi connectivity index (χ1v) is 11.3. The molecule has 5 rings (SSSR count). The predicted molar refractivity (Wildman–Crippen MR) is 133 cm³/mol. The highest BCUT2D eigenvalue weighted by atomic mass is 32.1. The topological polar surface area (TPSA) is 97.7 Å². The van der Waals surface area contributed by atoms with Crippen LogP contribution in [0.4, 0.5) is 5.69 Å². The number of nitro benzene ring substituents is 1. The molecule has 2 aromatic heterocycles. The molecule has 0 spiro atoms. The van der Waals surface area contributed by atoms with Crippen LogP contribution in [0.3, 0.4) is 0 Å². The lowest BCUT2D eigenvalue weighted by Gasteiger charge is -2.04. The number of rotatable bonds is 6. The third-order valence-corrected chi connectivity index (χ3v) is 6.53. The second-order valence-corrected chi connectivity index (χ2v) is 9.07. The van der Waals surface area contributed by atoms with Crippen LogP contribution in [0.15, 0.2) is 72.9 Å². The van der Waals surface area contributed by atoms with Crippen LogP contribution < -0.4 is 0 Å². The zero-order valence-electron chi connectivity index (χ0n) is 18.1. The number of imidazole rings is 1. The van der Waals surface area contributed by atoms with E-state index in [1.165, 1.54) is 29.5 Å². The Morgan fingerprint density at radius 3 is 2.71 bits per heavy atom. The molecule has 0 radical (unpaired) electrons. The molecule has 0 fully saturated rings. The number of carbonyl (C=O) groups is 1. The van der Waals surface area contributed by atoms with E-state index in [-0.39, 0.29) is 17.0 Å². The Kier molecular flexibility index (Phi) is 5.53. The van der Waals surface area contributed by atoms with E-state index in [0.29, 0.717) is 22.5 Å². The van der Waals surface area contributed by atoms with Gasteiger partial charge in [-0.05, 0) is 42.0 Å². The largest absolute Gasteiger partial charge is 0.391 e. The molecular formula is C26H19N3O4S. The molecular weight excluding hydrogens is 450 g/mol. The fraction of sp³-hybridized carbons (Fsp3) is 0.0769. The molecule has 0 unspecified atom stereocenters. The molecule has 5 aromatic rings. The lowest BCUT2D eigenvalue weighted by Crippen LogP contribution is -1.97. The van der Waals surface area contributed by atoms with E-state index in [1.54, 1.807) is 18.2 Å². The molecule has 2 heterocycles. The summed E-state index contributed by atoms with van der Waals surface area (Å²) in [6.45, 7) is 1.54. The second kappa shape index (κ2) is 8.66. The molecule has 0 aliphatic rings. The van der Waals surface area contributed by atoms with Gasteiger partial charge in [0.15, 0.2) is 10.7 Å². The standard InChI is InChI=1S/C26H19N3O4S/c1-16-14-28-22(10-11-24(31)19-7-6-17-4-2-3-5-18(17)12-19)25(27-26(28)34-16)20-8-9-21(15-30)23(13-20)29(32)33/h2-14,30H,15H2,1H3. The van der Waals surface area contributed by atoms with Crippen molar-refractivity contribution in [2.24, 2.45) is 0 Å². The quantitative estimate of drug-likeness (QED) is 0.146. The number of aliphatic hydroxyl groups is 1. The van der Waals surface area contributed by atoms with Crippen molar-refractivity contribution in [3.8, 4) is 11.3 Å². The van der Waals surface area contributed by atoms with Gasteiger partial charge in [0.2, 0.25) is 0 Å². The lowest BCUT2D eigenvalue weighted by atomic mass is 10.0. The van der Waals surface area contributed by atoms with Crippen molar-refractivity contribution in [2.45, 2.75) is 13.5 Å². The van der Waals surface area contributed by atoms with Gasteiger partial charge in [0.05, 0.1) is 28.5 Å². The number of benzene rings is 3. The fourth-order valence-electron chi connectivity index (χ4n) is 3.95. The minimum Gasteiger partial charge on any atom is -0.391 e. The van der Waals surface area contributed by atoms with Gasteiger partial charge in [-0.25, -0.2) is 4.98 Å². The molecule has 34 heavy (non-hydrogen) atoms. The van der Waals surface area contributed by atoms with Crippen molar-refractivity contribution in [1.29, 1.82) is 0 Å². The van der Waals surface area contributed by atoms with E-state index in [9.17, 15) is 20.0 Å². The summed E-state index contributed by atoms with van der Waals surface area (Å²) in [4.78, 5) is 30.4. The SMILES string of the molecule is Cc1cn2c(C=CC(=O)c3ccc4ccccc4c3)c(-c3ccc(CO)c([N+](=O)[O-])c3)nc2s1. The average molecular weight is 470 g/mol. The maximum atomic E-state index is 13.0. The number of thiazole rings is 1. The molecule has 7 nitrogen and oxygen atoms in total. The van der Waals surface area contributed by atoms with Crippen LogP contribution in [0.25, 0.3) is 33.1 Å². The number of allylic oxidation sites excluding steroid dienone is 1. The molecule has 0 saturated carbocycles. The second-order valence-electron chi connectivity index (χ2n) is 7.86. The number of ketones is 1. The van der Waals surface area contributed by atoms with Gasteiger partial charge in [-0.3, -0.25) is 19.3 Å². The zero-order valence-corrected chi connectivity index (χ0v) is 19.0. The molecule has 0 bridgehead atoms. The van der Waals surface area contributed by atoms with Crippen LogP contribution >= 0.6 is 11.3 Å². The summed E-state index contributed by atoms with van der Waals surface area (Å²) in [6, 6.07) is 18.1. The third-order valence-electron chi connectivity index (χ3n) is 5.63. The third kappa shape index (κ3) is 3.89. The number of carbonyl (C=O) groups excluding carboxylic acids is 1. The van der Waals surface area contributed by atoms with Gasteiger partial charge in [0.1, 0.15) is 0 Å². The zero-order chi connectivity index (χ0) is 23.8. The molecule has 168 valence electrons. The molecule has 3 aromatic carbocycles. The number of hydrogen-bond donors (Lipinski definition) is 1.